The molecule has 1 amide bonds. The number of aromatic nitrogens is 3. The summed E-state index contributed by atoms with van der Waals surface area (Å²) in [5.74, 6) is 0.606. The molecule has 29 heavy (non-hydrogen) atoms. The standard InChI is InChI=1S/C20H20N6O3/c1-11-9-12(14-7-8-21-16-15(14)26(16)25-28)5-6-13(11)10-22-17(27)18-23-19(24-29-18)20(2,3)4/h5-9H,10H2,1-4H3,(H,22,27). The van der Waals surface area contributed by atoms with Crippen LogP contribution in [0, 0.1) is 11.8 Å². The number of rotatable bonds is 5. The summed E-state index contributed by atoms with van der Waals surface area (Å²) in [5.41, 5.74) is 4.24. The fourth-order valence-electron chi connectivity index (χ4n) is 3.01. The largest absolute Gasteiger partial charge is 0.344 e. The summed E-state index contributed by atoms with van der Waals surface area (Å²) in [6.07, 6.45) is 1.65. The monoisotopic (exact) mass is 392 g/mol. The molecule has 4 rings (SSSR count). The molecule has 0 bridgehead atoms. The lowest BCUT2D eigenvalue weighted by atomic mass is 9.96. The minimum Gasteiger partial charge on any atom is -0.344 e. The zero-order valence-electron chi connectivity index (χ0n) is 16.6. The number of anilines is 2. The minimum atomic E-state index is -0.414. The highest BCUT2D eigenvalue weighted by molar-refractivity contribution is 6.00. The summed E-state index contributed by atoms with van der Waals surface area (Å²) >= 11 is 0. The van der Waals surface area contributed by atoms with Gasteiger partial charge < -0.3 is 9.84 Å². The predicted molar refractivity (Wildman–Crippen MR) is 107 cm³/mol. The van der Waals surface area contributed by atoms with E-state index in [1.54, 1.807) is 6.20 Å². The molecule has 1 aromatic carbocycles. The molecule has 0 radical (unpaired) electrons. The molecule has 0 saturated carbocycles. The number of amides is 1. The van der Waals surface area contributed by atoms with Gasteiger partial charge >= 0.3 is 11.8 Å². The van der Waals surface area contributed by atoms with Gasteiger partial charge in [0.25, 0.3) is 0 Å². The Hall–Kier alpha value is -3.62. The number of carbonyl (C=O) groups excluding carboxylic acids is 1. The predicted octanol–water partition coefficient (Wildman–Crippen LogP) is 3.80. The highest BCUT2D eigenvalue weighted by Crippen LogP contribution is 2.52. The van der Waals surface area contributed by atoms with Crippen LogP contribution in [0.15, 0.2) is 40.3 Å². The topological polar surface area (TPSA) is 113 Å². The molecule has 3 heterocycles. The van der Waals surface area contributed by atoms with Crippen LogP contribution in [0.25, 0.3) is 11.1 Å². The lowest BCUT2D eigenvalue weighted by Gasteiger charge is -2.11. The number of hydrogen-bond acceptors (Lipinski definition) is 7. The first-order chi connectivity index (χ1) is 13.8. The van der Waals surface area contributed by atoms with E-state index < -0.39 is 5.91 Å². The van der Waals surface area contributed by atoms with Gasteiger partial charge in [-0.15, -0.1) is 4.91 Å². The summed E-state index contributed by atoms with van der Waals surface area (Å²) < 4.78 is 5.07. The van der Waals surface area contributed by atoms with Crippen LogP contribution in [-0.2, 0) is 12.0 Å². The number of nitrogens with zero attached hydrogens (tertiary/aromatic N) is 5. The van der Waals surface area contributed by atoms with Gasteiger partial charge in [0.05, 0.1) is 5.29 Å². The molecule has 1 aliphatic heterocycles. The Labute approximate surface area is 167 Å². The zero-order chi connectivity index (χ0) is 20.8. The van der Waals surface area contributed by atoms with Crippen molar-refractivity contribution in [3.63, 3.8) is 0 Å². The van der Waals surface area contributed by atoms with Crippen molar-refractivity contribution in [2.75, 3.05) is 5.01 Å². The lowest BCUT2D eigenvalue weighted by molar-refractivity contribution is 0.0907. The van der Waals surface area contributed by atoms with Crippen molar-refractivity contribution in [2.45, 2.75) is 39.7 Å². The Morgan fingerprint density at radius 3 is 2.72 bits per heavy atom. The Morgan fingerprint density at radius 1 is 1.28 bits per heavy atom. The maximum absolute atomic E-state index is 12.3. The molecule has 0 saturated heterocycles. The number of nitrogens with one attached hydrogen (secondary N) is 1. The molecule has 0 unspecified atom stereocenters. The second kappa shape index (κ2) is 6.77. The van der Waals surface area contributed by atoms with Gasteiger partial charge in [0.1, 0.15) is 5.69 Å². The smallest absolute Gasteiger partial charge is 0.315 e. The molecule has 9 heteroatoms. The summed E-state index contributed by atoms with van der Waals surface area (Å²) in [5, 5.41) is 10.9. The van der Waals surface area contributed by atoms with Gasteiger partial charge in [-0.05, 0) is 29.7 Å². The third kappa shape index (κ3) is 3.46. The van der Waals surface area contributed by atoms with Gasteiger partial charge in [-0.25, -0.2) is 4.98 Å². The van der Waals surface area contributed by atoms with Crippen LogP contribution in [0.4, 0.5) is 11.5 Å². The third-order valence-electron chi connectivity index (χ3n) is 4.73. The lowest BCUT2D eigenvalue weighted by Crippen LogP contribution is -2.24. The van der Waals surface area contributed by atoms with Crippen molar-refractivity contribution in [2.24, 2.45) is 5.29 Å². The van der Waals surface area contributed by atoms with Gasteiger partial charge in [-0.2, -0.15) is 9.99 Å². The molecule has 3 aromatic rings. The van der Waals surface area contributed by atoms with Gasteiger partial charge in [0, 0.05) is 23.7 Å². The first-order valence-corrected chi connectivity index (χ1v) is 9.14. The van der Waals surface area contributed by atoms with Crippen LogP contribution in [0.2, 0.25) is 0 Å². The summed E-state index contributed by atoms with van der Waals surface area (Å²) in [7, 11) is 0. The number of aryl methyl sites for hydroxylation is 1. The van der Waals surface area contributed by atoms with Crippen LogP contribution in [0.5, 0.6) is 0 Å². The number of benzene rings is 1. The number of fused-ring (bicyclic) bond motifs is 1. The van der Waals surface area contributed by atoms with E-state index in [-0.39, 0.29) is 11.3 Å². The van der Waals surface area contributed by atoms with Gasteiger partial charge in [-0.3, -0.25) is 4.79 Å². The summed E-state index contributed by atoms with van der Waals surface area (Å²) in [6.45, 7) is 8.13. The maximum Gasteiger partial charge on any atom is 0.315 e. The van der Waals surface area contributed by atoms with Crippen LogP contribution < -0.4 is 10.3 Å². The Kier molecular flexibility index (Phi) is 4.37. The molecular weight excluding hydrogens is 372 g/mol. The third-order valence-corrected chi connectivity index (χ3v) is 4.73. The minimum absolute atomic E-state index is 0.0505. The van der Waals surface area contributed by atoms with Crippen molar-refractivity contribution in [3.05, 3.63) is 58.2 Å². The molecule has 1 aliphatic rings. The molecule has 0 aliphatic carbocycles. The summed E-state index contributed by atoms with van der Waals surface area (Å²) in [6, 6.07) is 7.73. The van der Waals surface area contributed by atoms with Gasteiger partial charge in [-0.1, -0.05) is 44.1 Å². The van der Waals surface area contributed by atoms with E-state index in [9.17, 15) is 9.70 Å². The van der Waals surface area contributed by atoms with Crippen molar-refractivity contribution >= 4 is 17.4 Å². The average molecular weight is 392 g/mol. The molecule has 148 valence electrons. The van der Waals surface area contributed by atoms with Gasteiger partial charge in [0.15, 0.2) is 11.6 Å². The second-order valence-corrected chi connectivity index (χ2v) is 7.92. The van der Waals surface area contributed by atoms with E-state index in [1.807, 2.05) is 52.0 Å². The average Bonchev–Trinajstić information content (AvgIpc) is 3.16. The van der Waals surface area contributed by atoms with E-state index >= 15 is 0 Å². The molecule has 2 aromatic heterocycles. The van der Waals surface area contributed by atoms with Crippen LogP contribution in [0.1, 0.15) is 48.4 Å². The van der Waals surface area contributed by atoms with Crippen LogP contribution >= 0.6 is 0 Å². The quantitative estimate of drug-likeness (QED) is 0.519. The van der Waals surface area contributed by atoms with Gasteiger partial charge in [0.2, 0.25) is 0 Å². The van der Waals surface area contributed by atoms with E-state index in [0.29, 0.717) is 18.2 Å². The first-order valence-electron chi connectivity index (χ1n) is 9.14. The summed E-state index contributed by atoms with van der Waals surface area (Å²) in [4.78, 5) is 31.4. The molecule has 1 N–H and O–H groups in total. The zero-order valence-corrected chi connectivity index (χ0v) is 16.6. The Morgan fingerprint density at radius 2 is 2.07 bits per heavy atom. The van der Waals surface area contributed by atoms with E-state index in [1.165, 1.54) is 5.01 Å². The van der Waals surface area contributed by atoms with Crippen molar-refractivity contribution in [1.82, 2.24) is 20.4 Å². The normalized spacial score (nSPS) is 12.5. The molecular formula is C20H20N6O3. The molecule has 9 nitrogen and oxygen atoms in total. The Balaban J connectivity index is 1.47. The van der Waals surface area contributed by atoms with E-state index in [2.05, 4.69) is 25.7 Å². The van der Waals surface area contributed by atoms with Crippen molar-refractivity contribution in [1.29, 1.82) is 0 Å². The van der Waals surface area contributed by atoms with Crippen molar-refractivity contribution in [3.8, 4) is 11.1 Å². The molecule has 0 atom stereocenters. The highest BCUT2D eigenvalue weighted by Gasteiger charge is 2.36. The number of hydrogen-bond donors (Lipinski definition) is 1. The van der Waals surface area contributed by atoms with E-state index in [0.717, 1.165) is 27.9 Å². The molecule has 0 spiro atoms. The van der Waals surface area contributed by atoms with E-state index in [4.69, 9.17) is 4.52 Å². The first kappa shape index (κ1) is 18.7. The maximum atomic E-state index is 12.3. The Bertz CT molecular complexity index is 1120. The fourth-order valence-corrected chi connectivity index (χ4v) is 3.01. The van der Waals surface area contributed by atoms with Crippen LogP contribution in [0.3, 0.4) is 0 Å². The second-order valence-electron chi connectivity index (χ2n) is 7.92. The number of pyridine rings is 1. The van der Waals surface area contributed by atoms with Crippen molar-refractivity contribution < 1.29 is 9.32 Å². The molecule has 0 fully saturated rings. The fraction of sp³-hybridized carbons (Fsp3) is 0.300. The SMILES string of the molecule is Cc1cc(-c2ccnc3c2N3N=O)ccc1CNC(=O)c1nc(C(C)(C)C)no1. The van der Waals surface area contributed by atoms with Crippen LogP contribution in [-0.4, -0.2) is 21.0 Å². The number of carbonyl (C=O) groups is 1. The highest BCUT2D eigenvalue weighted by atomic mass is 16.5. The number of nitroso groups, excluding NO2 is 1.